The number of ketones is 1. The Kier molecular flexibility index (Phi) is 4.24. The van der Waals surface area contributed by atoms with Crippen LogP contribution < -0.4 is 0 Å². The van der Waals surface area contributed by atoms with E-state index in [0.29, 0.717) is 18.1 Å². The van der Waals surface area contributed by atoms with E-state index in [1.807, 2.05) is 11.8 Å². The maximum Gasteiger partial charge on any atom is 0.163 e. The fraction of sp³-hybridized carbons (Fsp3) is 0.562. The van der Waals surface area contributed by atoms with Crippen molar-refractivity contribution in [3.8, 4) is 0 Å². The molecule has 102 valence electrons. The number of thioether (sulfide) groups is 1. The molecule has 3 heteroatoms. The number of Topliss-reactive ketones (excluding diaryl/α,β-unsaturated/α-hetero) is 1. The first kappa shape index (κ1) is 13.2. The van der Waals surface area contributed by atoms with Crippen LogP contribution in [0.1, 0.15) is 36.3 Å². The molecule has 1 aromatic carbocycles. The van der Waals surface area contributed by atoms with Gasteiger partial charge in [0.25, 0.3) is 0 Å². The summed E-state index contributed by atoms with van der Waals surface area (Å²) in [6, 6.07) is 8.60. The standard InChI is InChI=1S/C16H20O2S/c17-15(16-11-19-9-8-18-16)10-13-6-3-5-12-4-1-2-7-14(12)13/h1-2,4,7,13,16H,3,5-6,8-11H2. The van der Waals surface area contributed by atoms with Gasteiger partial charge in [0.1, 0.15) is 6.10 Å². The molecule has 2 atom stereocenters. The Balaban J connectivity index is 1.68. The van der Waals surface area contributed by atoms with E-state index in [0.717, 1.165) is 31.0 Å². The molecule has 0 bridgehead atoms. The summed E-state index contributed by atoms with van der Waals surface area (Å²) >= 11 is 1.83. The third-order valence-electron chi connectivity index (χ3n) is 4.12. The monoisotopic (exact) mass is 276 g/mol. The van der Waals surface area contributed by atoms with Crippen molar-refractivity contribution in [1.29, 1.82) is 0 Å². The number of hydrogen-bond donors (Lipinski definition) is 0. The van der Waals surface area contributed by atoms with E-state index in [-0.39, 0.29) is 6.10 Å². The van der Waals surface area contributed by atoms with Crippen molar-refractivity contribution < 1.29 is 9.53 Å². The zero-order valence-corrected chi connectivity index (χ0v) is 12.0. The van der Waals surface area contributed by atoms with Gasteiger partial charge in [0.05, 0.1) is 6.61 Å². The lowest BCUT2D eigenvalue weighted by Crippen LogP contribution is -2.32. The van der Waals surface area contributed by atoms with Crippen molar-refractivity contribution in [2.45, 2.75) is 37.7 Å². The Bertz CT molecular complexity index is 452. The first-order chi connectivity index (χ1) is 9.34. The van der Waals surface area contributed by atoms with E-state index in [1.54, 1.807) is 0 Å². The van der Waals surface area contributed by atoms with E-state index < -0.39 is 0 Å². The largest absolute Gasteiger partial charge is 0.369 e. The minimum Gasteiger partial charge on any atom is -0.369 e. The van der Waals surface area contributed by atoms with Crippen LogP contribution in [-0.2, 0) is 16.0 Å². The summed E-state index contributed by atoms with van der Waals surface area (Å²) in [5.41, 5.74) is 2.83. The van der Waals surface area contributed by atoms with Crippen molar-refractivity contribution in [3.05, 3.63) is 35.4 Å². The topological polar surface area (TPSA) is 26.3 Å². The van der Waals surface area contributed by atoms with Gasteiger partial charge < -0.3 is 4.74 Å². The maximum absolute atomic E-state index is 12.3. The first-order valence-corrected chi connectivity index (χ1v) is 8.30. The summed E-state index contributed by atoms with van der Waals surface area (Å²) in [7, 11) is 0. The van der Waals surface area contributed by atoms with Gasteiger partial charge in [-0.3, -0.25) is 4.79 Å². The molecule has 1 saturated heterocycles. The number of carbonyl (C=O) groups is 1. The average Bonchev–Trinajstić information content (AvgIpc) is 2.48. The molecule has 19 heavy (non-hydrogen) atoms. The molecule has 1 heterocycles. The van der Waals surface area contributed by atoms with Crippen molar-refractivity contribution in [1.82, 2.24) is 0 Å². The van der Waals surface area contributed by atoms with Crippen molar-refractivity contribution >= 4 is 17.5 Å². The Morgan fingerprint density at radius 3 is 3.11 bits per heavy atom. The van der Waals surface area contributed by atoms with E-state index in [2.05, 4.69) is 24.3 Å². The quantitative estimate of drug-likeness (QED) is 0.848. The van der Waals surface area contributed by atoms with Gasteiger partial charge in [0, 0.05) is 17.9 Å². The molecule has 1 aromatic rings. The van der Waals surface area contributed by atoms with Crippen LogP contribution >= 0.6 is 11.8 Å². The number of aryl methyl sites for hydroxylation is 1. The summed E-state index contributed by atoms with van der Waals surface area (Å²) in [5.74, 6) is 2.57. The minimum atomic E-state index is -0.159. The second-order valence-electron chi connectivity index (χ2n) is 5.39. The normalized spacial score (nSPS) is 26.7. The number of fused-ring (bicyclic) bond motifs is 1. The van der Waals surface area contributed by atoms with Gasteiger partial charge >= 0.3 is 0 Å². The summed E-state index contributed by atoms with van der Waals surface area (Å²) < 4.78 is 5.60. The van der Waals surface area contributed by atoms with Gasteiger partial charge in [-0.15, -0.1) is 0 Å². The Morgan fingerprint density at radius 1 is 1.37 bits per heavy atom. The smallest absolute Gasteiger partial charge is 0.163 e. The molecule has 0 saturated carbocycles. The number of ether oxygens (including phenoxy) is 1. The SMILES string of the molecule is O=C(CC1CCCc2ccccc21)C1CSCCO1. The Hall–Kier alpha value is -0.800. The maximum atomic E-state index is 12.3. The highest BCUT2D eigenvalue weighted by Crippen LogP contribution is 2.34. The van der Waals surface area contributed by atoms with Crippen LogP contribution in [0.25, 0.3) is 0 Å². The molecule has 1 aliphatic heterocycles. The molecule has 0 aromatic heterocycles. The lowest BCUT2D eigenvalue weighted by atomic mass is 9.80. The Morgan fingerprint density at radius 2 is 2.26 bits per heavy atom. The number of hydrogen-bond acceptors (Lipinski definition) is 3. The first-order valence-electron chi connectivity index (χ1n) is 7.14. The van der Waals surface area contributed by atoms with E-state index >= 15 is 0 Å². The summed E-state index contributed by atoms with van der Waals surface area (Å²) in [4.78, 5) is 12.3. The predicted molar refractivity (Wildman–Crippen MR) is 78.8 cm³/mol. The van der Waals surface area contributed by atoms with E-state index in [1.165, 1.54) is 17.5 Å². The molecule has 2 unspecified atom stereocenters. The van der Waals surface area contributed by atoms with Gasteiger partial charge in [-0.2, -0.15) is 11.8 Å². The van der Waals surface area contributed by atoms with Crippen molar-refractivity contribution in [2.75, 3.05) is 18.1 Å². The van der Waals surface area contributed by atoms with Crippen molar-refractivity contribution in [3.63, 3.8) is 0 Å². The van der Waals surface area contributed by atoms with E-state index in [4.69, 9.17) is 4.74 Å². The van der Waals surface area contributed by atoms with Crippen LogP contribution in [0.4, 0.5) is 0 Å². The van der Waals surface area contributed by atoms with Crippen LogP contribution in [0.15, 0.2) is 24.3 Å². The second kappa shape index (κ2) is 6.10. The highest BCUT2D eigenvalue weighted by molar-refractivity contribution is 7.99. The molecular formula is C16H20O2S. The molecule has 2 nitrogen and oxygen atoms in total. The van der Waals surface area contributed by atoms with Crippen LogP contribution in [0.5, 0.6) is 0 Å². The molecule has 2 aliphatic rings. The minimum absolute atomic E-state index is 0.159. The second-order valence-corrected chi connectivity index (χ2v) is 6.54. The molecular weight excluding hydrogens is 256 g/mol. The average molecular weight is 276 g/mol. The zero-order valence-electron chi connectivity index (χ0n) is 11.1. The van der Waals surface area contributed by atoms with Gasteiger partial charge in [-0.05, 0) is 36.3 Å². The molecule has 1 fully saturated rings. The molecule has 3 rings (SSSR count). The van der Waals surface area contributed by atoms with Crippen LogP contribution in [0.2, 0.25) is 0 Å². The van der Waals surface area contributed by atoms with E-state index in [9.17, 15) is 4.79 Å². The fourth-order valence-electron chi connectivity index (χ4n) is 3.11. The summed E-state index contributed by atoms with van der Waals surface area (Å²) in [6.45, 7) is 0.725. The van der Waals surface area contributed by atoms with Gasteiger partial charge in [-0.1, -0.05) is 24.3 Å². The number of carbonyl (C=O) groups excluding carboxylic acids is 1. The third-order valence-corrected chi connectivity index (χ3v) is 5.11. The molecule has 0 amide bonds. The van der Waals surface area contributed by atoms with Crippen LogP contribution in [-0.4, -0.2) is 30.0 Å². The lowest BCUT2D eigenvalue weighted by molar-refractivity contribution is -0.129. The molecule has 0 radical (unpaired) electrons. The summed E-state index contributed by atoms with van der Waals surface area (Å²) in [6.07, 6.45) is 4.00. The Labute approximate surface area is 118 Å². The molecule has 0 spiro atoms. The fourth-order valence-corrected chi connectivity index (χ4v) is 3.99. The van der Waals surface area contributed by atoms with Gasteiger partial charge in [0.2, 0.25) is 0 Å². The third kappa shape index (κ3) is 3.03. The van der Waals surface area contributed by atoms with Crippen LogP contribution in [0, 0.1) is 0 Å². The van der Waals surface area contributed by atoms with Crippen LogP contribution in [0.3, 0.4) is 0 Å². The summed E-state index contributed by atoms with van der Waals surface area (Å²) in [5, 5.41) is 0. The highest BCUT2D eigenvalue weighted by atomic mass is 32.2. The van der Waals surface area contributed by atoms with Gasteiger partial charge in [0.15, 0.2) is 5.78 Å². The lowest BCUT2D eigenvalue weighted by Gasteiger charge is -2.27. The number of rotatable bonds is 3. The predicted octanol–water partition coefficient (Wildman–Crippen LogP) is 3.20. The molecule has 0 N–H and O–H groups in total. The zero-order chi connectivity index (χ0) is 13.1. The highest BCUT2D eigenvalue weighted by Gasteiger charge is 2.27. The van der Waals surface area contributed by atoms with Crippen molar-refractivity contribution in [2.24, 2.45) is 0 Å². The van der Waals surface area contributed by atoms with Gasteiger partial charge in [-0.25, -0.2) is 0 Å². The molecule has 1 aliphatic carbocycles. The number of benzene rings is 1.